The first kappa shape index (κ1) is 12.9. The van der Waals surface area contributed by atoms with Gasteiger partial charge in [0, 0.05) is 25.2 Å². The summed E-state index contributed by atoms with van der Waals surface area (Å²) in [7, 11) is 0. The third-order valence-corrected chi connectivity index (χ3v) is 5.48. The van der Waals surface area contributed by atoms with Crippen molar-refractivity contribution in [3.05, 3.63) is 0 Å². The largest absolute Gasteiger partial charge is 0.310 e. The van der Waals surface area contributed by atoms with E-state index in [0.29, 0.717) is 5.41 Å². The van der Waals surface area contributed by atoms with Crippen molar-refractivity contribution in [3.8, 4) is 0 Å². The third-order valence-electron chi connectivity index (χ3n) is 5.48. The van der Waals surface area contributed by atoms with Crippen LogP contribution in [0.1, 0.15) is 58.8 Å². The quantitative estimate of drug-likeness (QED) is 0.810. The monoisotopic (exact) mass is 250 g/mol. The van der Waals surface area contributed by atoms with Crippen LogP contribution in [-0.4, -0.2) is 36.6 Å². The summed E-state index contributed by atoms with van der Waals surface area (Å²) in [6.45, 7) is 8.75. The van der Waals surface area contributed by atoms with Crippen molar-refractivity contribution < 1.29 is 0 Å². The third kappa shape index (κ3) is 2.91. The Hall–Kier alpha value is -0.0800. The zero-order chi connectivity index (χ0) is 12.6. The van der Waals surface area contributed by atoms with Gasteiger partial charge in [-0.2, -0.15) is 0 Å². The fourth-order valence-electron chi connectivity index (χ4n) is 4.41. The van der Waals surface area contributed by atoms with Crippen LogP contribution in [0.25, 0.3) is 0 Å². The number of hydrogen-bond acceptors (Lipinski definition) is 2. The number of hydrogen-bond donors (Lipinski definition) is 1. The fraction of sp³-hybridized carbons (Fsp3) is 1.00. The maximum Gasteiger partial charge on any atom is 0.0197 e. The molecule has 0 bridgehead atoms. The number of piperidine rings is 1. The van der Waals surface area contributed by atoms with Crippen LogP contribution in [0.3, 0.4) is 0 Å². The van der Waals surface area contributed by atoms with E-state index in [9.17, 15) is 0 Å². The number of likely N-dealkylation sites (tertiary alicyclic amines) is 1. The van der Waals surface area contributed by atoms with Crippen LogP contribution in [0.15, 0.2) is 0 Å². The zero-order valence-electron chi connectivity index (χ0n) is 12.3. The van der Waals surface area contributed by atoms with Gasteiger partial charge in [-0.15, -0.1) is 0 Å². The Morgan fingerprint density at radius 2 is 1.94 bits per heavy atom. The molecule has 0 aromatic rings. The van der Waals surface area contributed by atoms with Gasteiger partial charge < -0.3 is 10.2 Å². The average molecular weight is 250 g/mol. The Balaban J connectivity index is 1.49. The molecule has 3 rings (SSSR count). The second kappa shape index (κ2) is 5.13. The van der Waals surface area contributed by atoms with E-state index in [4.69, 9.17) is 0 Å². The molecule has 1 aliphatic carbocycles. The summed E-state index contributed by atoms with van der Waals surface area (Å²) in [5.41, 5.74) is 0.558. The lowest BCUT2D eigenvalue weighted by Crippen LogP contribution is -2.52. The van der Waals surface area contributed by atoms with Crippen LogP contribution < -0.4 is 5.32 Å². The van der Waals surface area contributed by atoms with Gasteiger partial charge in [-0.25, -0.2) is 0 Å². The van der Waals surface area contributed by atoms with Crippen molar-refractivity contribution in [3.63, 3.8) is 0 Å². The Kier molecular flexibility index (Phi) is 3.68. The first-order valence-electron chi connectivity index (χ1n) is 8.11. The molecule has 2 aliphatic heterocycles. The maximum absolute atomic E-state index is 3.97. The molecule has 2 nitrogen and oxygen atoms in total. The fourth-order valence-corrected chi connectivity index (χ4v) is 4.41. The Bertz CT molecular complexity index is 287. The average Bonchev–Trinajstić information content (AvgIpc) is 2.68. The van der Waals surface area contributed by atoms with Gasteiger partial charge in [0.2, 0.25) is 0 Å². The molecule has 0 spiro atoms. The second-order valence-electron chi connectivity index (χ2n) is 7.74. The van der Waals surface area contributed by atoms with E-state index < -0.39 is 0 Å². The summed E-state index contributed by atoms with van der Waals surface area (Å²) in [5, 5.41) is 3.97. The van der Waals surface area contributed by atoms with Crippen molar-refractivity contribution in [2.24, 2.45) is 11.3 Å². The van der Waals surface area contributed by atoms with E-state index in [1.165, 1.54) is 64.6 Å². The molecule has 0 aromatic heterocycles. The molecule has 3 aliphatic rings. The van der Waals surface area contributed by atoms with Gasteiger partial charge in [-0.05, 0) is 50.0 Å². The van der Waals surface area contributed by atoms with E-state index in [1.807, 2.05) is 0 Å². The summed E-state index contributed by atoms with van der Waals surface area (Å²) in [5.74, 6) is 1.00. The summed E-state index contributed by atoms with van der Waals surface area (Å²) < 4.78 is 0. The highest BCUT2D eigenvalue weighted by atomic mass is 15.2. The molecular weight excluding hydrogens is 220 g/mol. The molecule has 104 valence electrons. The lowest BCUT2D eigenvalue weighted by molar-refractivity contribution is 0.149. The molecule has 3 unspecified atom stereocenters. The highest BCUT2D eigenvalue weighted by molar-refractivity contribution is 4.92. The molecule has 2 heterocycles. The minimum Gasteiger partial charge on any atom is -0.310 e. The molecule has 18 heavy (non-hydrogen) atoms. The summed E-state index contributed by atoms with van der Waals surface area (Å²) in [4.78, 5) is 2.70. The first-order chi connectivity index (χ1) is 8.62. The molecule has 3 fully saturated rings. The molecule has 1 N–H and O–H groups in total. The van der Waals surface area contributed by atoms with E-state index >= 15 is 0 Å². The summed E-state index contributed by atoms with van der Waals surface area (Å²) in [6.07, 6.45) is 10.1. The number of fused-ring (bicyclic) bond motifs is 1. The molecular formula is C16H30N2. The summed E-state index contributed by atoms with van der Waals surface area (Å²) in [6, 6.07) is 1.63. The van der Waals surface area contributed by atoms with Gasteiger partial charge in [0.1, 0.15) is 0 Å². The van der Waals surface area contributed by atoms with Gasteiger partial charge in [0.15, 0.2) is 0 Å². The minimum atomic E-state index is 0.558. The Morgan fingerprint density at radius 1 is 1.11 bits per heavy atom. The molecule has 0 amide bonds. The minimum absolute atomic E-state index is 0.558. The van der Waals surface area contributed by atoms with E-state index in [1.54, 1.807) is 0 Å². The zero-order valence-corrected chi connectivity index (χ0v) is 12.3. The lowest BCUT2D eigenvalue weighted by Gasteiger charge is -2.41. The first-order valence-corrected chi connectivity index (χ1v) is 8.11. The molecule has 2 saturated heterocycles. The molecule has 0 radical (unpaired) electrons. The van der Waals surface area contributed by atoms with E-state index in [2.05, 4.69) is 24.1 Å². The van der Waals surface area contributed by atoms with Crippen molar-refractivity contribution in [2.45, 2.75) is 70.9 Å². The van der Waals surface area contributed by atoms with Crippen LogP contribution in [0.2, 0.25) is 0 Å². The maximum atomic E-state index is 3.97. The molecule has 1 saturated carbocycles. The lowest BCUT2D eigenvalue weighted by atomic mass is 9.78. The normalized spacial score (nSPS) is 40.7. The van der Waals surface area contributed by atoms with Crippen molar-refractivity contribution in [1.29, 1.82) is 0 Å². The molecule has 2 heteroatoms. The number of nitrogens with zero attached hydrogens (tertiary/aromatic N) is 1. The standard InChI is InChI=1S/C16H30N2/c1-16(2)9-10-18(12-16)11-14-8-7-13-5-3-4-6-15(13)17-14/h13-15,17H,3-12H2,1-2H3. The van der Waals surface area contributed by atoms with Crippen molar-refractivity contribution in [1.82, 2.24) is 10.2 Å². The Morgan fingerprint density at radius 3 is 2.72 bits per heavy atom. The van der Waals surface area contributed by atoms with Gasteiger partial charge in [-0.3, -0.25) is 0 Å². The van der Waals surface area contributed by atoms with Crippen LogP contribution in [0.4, 0.5) is 0 Å². The van der Waals surface area contributed by atoms with Gasteiger partial charge in [-0.1, -0.05) is 26.7 Å². The van der Waals surface area contributed by atoms with E-state index in [0.717, 1.165) is 18.0 Å². The highest BCUT2D eigenvalue weighted by Gasteiger charge is 2.34. The van der Waals surface area contributed by atoms with Crippen LogP contribution in [0, 0.1) is 11.3 Å². The molecule has 3 atom stereocenters. The van der Waals surface area contributed by atoms with Crippen LogP contribution >= 0.6 is 0 Å². The van der Waals surface area contributed by atoms with Gasteiger partial charge in [0.05, 0.1) is 0 Å². The topological polar surface area (TPSA) is 15.3 Å². The SMILES string of the molecule is CC1(C)CCN(CC2CCC3CCCCC3N2)C1. The smallest absolute Gasteiger partial charge is 0.0197 e. The van der Waals surface area contributed by atoms with Crippen LogP contribution in [-0.2, 0) is 0 Å². The highest BCUT2D eigenvalue weighted by Crippen LogP contribution is 2.33. The number of rotatable bonds is 2. The Labute approximate surface area is 113 Å². The summed E-state index contributed by atoms with van der Waals surface area (Å²) >= 11 is 0. The predicted molar refractivity (Wildman–Crippen MR) is 76.7 cm³/mol. The van der Waals surface area contributed by atoms with Crippen LogP contribution in [0.5, 0.6) is 0 Å². The molecule has 0 aromatic carbocycles. The second-order valence-corrected chi connectivity index (χ2v) is 7.74. The van der Waals surface area contributed by atoms with E-state index in [-0.39, 0.29) is 0 Å². The predicted octanol–water partition coefficient (Wildman–Crippen LogP) is 3.03. The van der Waals surface area contributed by atoms with Gasteiger partial charge in [0.25, 0.3) is 0 Å². The number of nitrogens with one attached hydrogen (secondary N) is 1. The van der Waals surface area contributed by atoms with Crippen molar-refractivity contribution in [2.75, 3.05) is 19.6 Å². The van der Waals surface area contributed by atoms with Gasteiger partial charge >= 0.3 is 0 Å². The van der Waals surface area contributed by atoms with Crippen molar-refractivity contribution >= 4 is 0 Å².